The summed E-state index contributed by atoms with van der Waals surface area (Å²) in [6.45, 7) is 1.98. The molecule has 0 aliphatic rings. The maximum atomic E-state index is 12.3. The number of hydrogen-bond donors (Lipinski definition) is 2. The lowest BCUT2D eigenvalue weighted by molar-refractivity contribution is 0.102. The first-order valence-corrected chi connectivity index (χ1v) is 8.19. The van der Waals surface area contributed by atoms with Crippen LogP contribution in [-0.4, -0.2) is 15.9 Å². The molecule has 25 heavy (non-hydrogen) atoms. The van der Waals surface area contributed by atoms with Gasteiger partial charge in [-0.1, -0.05) is 40.9 Å². The third kappa shape index (κ3) is 4.68. The second kappa shape index (κ2) is 7.51. The molecule has 3 aromatic rings. The predicted molar refractivity (Wildman–Crippen MR) is 101 cm³/mol. The van der Waals surface area contributed by atoms with Gasteiger partial charge in [-0.05, 0) is 43.3 Å². The first-order valence-electron chi connectivity index (χ1n) is 7.44. The molecule has 2 aromatic carbocycles. The summed E-state index contributed by atoms with van der Waals surface area (Å²) < 4.78 is 0. The zero-order valence-corrected chi connectivity index (χ0v) is 14.8. The van der Waals surface area contributed by atoms with Crippen LogP contribution in [0, 0.1) is 6.92 Å². The number of aryl methyl sites for hydroxylation is 1. The molecule has 2 N–H and O–H groups in total. The quantitative estimate of drug-likeness (QED) is 0.669. The number of anilines is 3. The van der Waals surface area contributed by atoms with Gasteiger partial charge in [0, 0.05) is 27.6 Å². The van der Waals surface area contributed by atoms with Gasteiger partial charge >= 0.3 is 0 Å². The fourth-order valence-electron chi connectivity index (χ4n) is 2.13. The Morgan fingerprint density at radius 3 is 2.32 bits per heavy atom. The molecule has 0 bridgehead atoms. The summed E-state index contributed by atoms with van der Waals surface area (Å²) in [7, 11) is 0. The average Bonchev–Trinajstić information content (AvgIpc) is 2.56. The van der Waals surface area contributed by atoms with Gasteiger partial charge in [-0.15, -0.1) is 0 Å². The number of carbonyl (C=O) groups excluding carboxylic acids is 1. The Balaban J connectivity index is 1.76. The maximum Gasteiger partial charge on any atom is 0.274 e. The van der Waals surface area contributed by atoms with E-state index in [-0.39, 0.29) is 17.5 Å². The summed E-state index contributed by atoms with van der Waals surface area (Å²) in [5, 5.41) is 6.75. The molecule has 1 heterocycles. The smallest absolute Gasteiger partial charge is 0.274 e. The highest BCUT2D eigenvalue weighted by Crippen LogP contribution is 2.24. The molecular formula is C18H14Cl2N4O. The van der Waals surface area contributed by atoms with E-state index in [9.17, 15) is 4.79 Å². The normalized spacial score (nSPS) is 10.4. The summed E-state index contributed by atoms with van der Waals surface area (Å²) in [6.07, 6.45) is 1.51. The van der Waals surface area contributed by atoms with Crippen LogP contribution in [0.4, 0.5) is 17.3 Å². The van der Waals surface area contributed by atoms with Crippen molar-refractivity contribution in [2.45, 2.75) is 6.92 Å². The van der Waals surface area contributed by atoms with Crippen molar-refractivity contribution in [3.8, 4) is 0 Å². The molecule has 0 atom stereocenters. The van der Waals surface area contributed by atoms with Crippen LogP contribution in [0.15, 0.2) is 54.7 Å². The lowest BCUT2D eigenvalue weighted by Gasteiger charge is -2.08. The second-order valence-electron chi connectivity index (χ2n) is 5.37. The molecule has 5 nitrogen and oxygen atoms in total. The Kier molecular flexibility index (Phi) is 5.16. The van der Waals surface area contributed by atoms with Gasteiger partial charge in [-0.2, -0.15) is 0 Å². The fourth-order valence-corrected chi connectivity index (χ4v) is 2.66. The third-order valence-corrected chi connectivity index (χ3v) is 3.75. The molecule has 0 radical (unpaired) electrons. The molecule has 0 aliphatic heterocycles. The standard InChI is InChI=1S/C18H14Cl2N4O/c1-11-2-4-14(5-3-11)22-17(25)16-6-7-21-18(24-16)23-15-9-12(19)8-13(20)10-15/h2-10H,1H3,(H,22,25)(H,21,23,24). The van der Waals surface area contributed by atoms with Crippen molar-refractivity contribution < 1.29 is 4.79 Å². The lowest BCUT2D eigenvalue weighted by atomic mass is 10.2. The number of amides is 1. The van der Waals surface area contributed by atoms with Crippen molar-refractivity contribution in [1.82, 2.24) is 9.97 Å². The second-order valence-corrected chi connectivity index (χ2v) is 6.24. The summed E-state index contributed by atoms with van der Waals surface area (Å²) in [5.41, 5.74) is 2.69. The molecule has 0 aliphatic carbocycles. The van der Waals surface area contributed by atoms with Crippen LogP contribution in [0.2, 0.25) is 10.0 Å². The predicted octanol–water partition coefficient (Wildman–Crippen LogP) is 5.09. The van der Waals surface area contributed by atoms with Gasteiger partial charge < -0.3 is 10.6 Å². The zero-order valence-electron chi connectivity index (χ0n) is 13.3. The monoisotopic (exact) mass is 372 g/mol. The molecule has 0 unspecified atom stereocenters. The van der Waals surface area contributed by atoms with E-state index in [0.29, 0.717) is 21.4 Å². The van der Waals surface area contributed by atoms with E-state index < -0.39 is 0 Å². The summed E-state index contributed by atoms with van der Waals surface area (Å²) >= 11 is 11.9. The van der Waals surface area contributed by atoms with E-state index in [1.807, 2.05) is 31.2 Å². The number of hydrogen-bond acceptors (Lipinski definition) is 4. The molecule has 3 rings (SSSR count). The zero-order chi connectivity index (χ0) is 17.8. The minimum Gasteiger partial charge on any atom is -0.324 e. The van der Waals surface area contributed by atoms with Crippen LogP contribution >= 0.6 is 23.2 Å². The molecule has 0 fully saturated rings. The van der Waals surface area contributed by atoms with Gasteiger partial charge in [0.05, 0.1) is 0 Å². The van der Waals surface area contributed by atoms with Crippen molar-refractivity contribution >= 4 is 46.4 Å². The van der Waals surface area contributed by atoms with E-state index in [4.69, 9.17) is 23.2 Å². The van der Waals surface area contributed by atoms with Gasteiger partial charge in [0.25, 0.3) is 5.91 Å². The van der Waals surface area contributed by atoms with Crippen molar-refractivity contribution in [3.05, 3.63) is 76.0 Å². The molecule has 0 spiro atoms. The number of rotatable bonds is 4. The van der Waals surface area contributed by atoms with Crippen molar-refractivity contribution in [3.63, 3.8) is 0 Å². The third-order valence-electron chi connectivity index (χ3n) is 3.32. The Labute approximate surface area is 155 Å². The molecule has 0 saturated heterocycles. The number of carbonyl (C=O) groups is 1. The number of aromatic nitrogens is 2. The number of nitrogens with one attached hydrogen (secondary N) is 2. The maximum absolute atomic E-state index is 12.3. The number of nitrogens with zero attached hydrogens (tertiary/aromatic N) is 2. The average molecular weight is 373 g/mol. The SMILES string of the molecule is Cc1ccc(NC(=O)c2ccnc(Nc3cc(Cl)cc(Cl)c3)n2)cc1. The highest BCUT2D eigenvalue weighted by Gasteiger charge is 2.10. The lowest BCUT2D eigenvalue weighted by Crippen LogP contribution is -2.14. The first-order chi connectivity index (χ1) is 12.0. The minimum atomic E-state index is -0.321. The van der Waals surface area contributed by atoms with Crippen LogP contribution in [0.5, 0.6) is 0 Å². The van der Waals surface area contributed by atoms with E-state index in [2.05, 4.69) is 20.6 Å². The number of benzene rings is 2. The van der Waals surface area contributed by atoms with Gasteiger partial charge in [0.1, 0.15) is 5.69 Å². The van der Waals surface area contributed by atoms with Crippen LogP contribution in [0.3, 0.4) is 0 Å². The van der Waals surface area contributed by atoms with Crippen LogP contribution < -0.4 is 10.6 Å². The summed E-state index contributed by atoms with van der Waals surface area (Å²) in [5.74, 6) is -0.0479. The van der Waals surface area contributed by atoms with Crippen LogP contribution in [0.1, 0.15) is 16.1 Å². The van der Waals surface area contributed by atoms with Crippen LogP contribution in [-0.2, 0) is 0 Å². The first kappa shape index (κ1) is 17.2. The molecule has 0 saturated carbocycles. The molecule has 126 valence electrons. The van der Waals surface area contributed by atoms with Gasteiger partial charge in [-0.3, -0.25) is 4.79 Å². The fraction of sp³-hybridized carbons (Fsp3) is 0.0556. The van der Waals surface area contributed by atoms with E-state index in [1.165, 1.54) is 6.20 Å². The Bertz CT molecular complexity index is 893. The van der Waals surface area contributed by atoms with Crippen molar-refractivity contribution in [2.24, 2.45) is 0 Å². The highest BCUT2D eigenvalue weighted by molar-refractivity contribution is 6.35. The Morgan fingerprint density at radius 2 is 1.64 bits per heavy atom. The molecule has 7 heteroatoms. The van der Waals surface area contributed by atoms with E-state index >= 15 is 0 Å². The Morgan fingerprint density at radius 1 is 0.960 bits per heavy atom. The molecule has 1 amide bonds. The largest absolute Gasteiger partial charge is 0.324 e. The minimum absolute atomic E-state index is 0.242. The topological polar surface area (TPSA) is 66.9 Å². The Hall–Kier alpha value is -2.63. The van der Waals surface area contributed by atoms with E-state index in [0.717, 1.165) is 5.56 Å². The van der Waals surface area contributed by atoms with Gasteiger partial charge in [0.15, 0.2) is 0 Å². The highest BCUT2D eigenvalue weighted by atomic mass is 35.5. The number of halogens is 2. The van der Waals surface area contributed by atoms with Gasteiger partial charge in [-0.25, -0.2) is 9.97 Å². The van der Waals surface area contributed by atoms with Crippen molar-refractivity contribution in [1.29, 1.82) is 0 Å². The van der Waals surface area contributed by atoms with Gasteiger partial charge in [0.2, 0.25) is 5.95 Å². The summed E-state index contributed by atoms with van der Waals surface area (Å²) in [4.78, 5) is 20.7. The molecular weight excluding hydrogens is 359 g/mol. The van der Waals surface area contributed by atoms with Crippen molar-refractivity contribution in [2.75, 3.05) is 10.6 Å². The summed E-state index contributed by atoms with van der Waals surface area (Å²) in [6, 6.07) is 14.1. The van der Waals surface area contributed by atoms with Crippen LogP contribution in [0.25, 0.3) is 0 Å². The van der Waals surface area contributed by atoms with E-state index in [1.54, 1.807) is 24.3 Å². The molecule has 1 aromatic heterocycles.